The highest BCUT2D eigenvalue weighted by Gasteiger charge is 2.20. The van der Waals surface area contributed by atoms with Crippen molar-refractivity contribution >= 4 is 39.7 Å². The van der Waals surface area contributed by atoms with E-state index in [0.717, 1.165) is 6.42 Å². The zero-order valence-electron chi connectivity index (χ0n) is 20.0. The summed E-state index contributed by atoms with van der Waals surface area (Å²) in [7, 11) is 0. The van der Waals surface area contributed by atoms with E-state index in [4.69, 9.17) is 14.2 Å². The van der Waals surface area contributed by atoms with Gasteiger partial charge in [-0.1, -0.05) is 35.0 Å². The molecule has 0 heterocycles. The molecule has 1 amide bonds. The minimum Gasteiger partial charge on any atom is -0.494 e. The Morgan fingerprint density at radius 3 is 2.54 bits per heavy atom. The number of amides is 1. The van der Waals surface area contributed by atoms with Crippen molar-refractivity contribution in [3.8, 4) is 17.2 Å². The fraction of sp³-hybridized carbons (Fsp3) is 0.192. The molecule has 37 heavy (non-hydrogen) atoms. The largest absolute Gasteiger partial charge is 0.494 e. The van der Waals surface area contributed by atoms with Gasteiger partial charge in [0.25, 0.3) is 5.91 Å². The minimum absolute atomic E-state index is 0.0368. The summed E-state index contributed by atoms with van der Waals surface area (Å²) in [5.74, 6) is -0.361. The van der Waals surface area contributed by atoms with Crippen LogP contribution in [0.2, 0.25) is 0 Å². The Balaban J connectivity index is 1.65. The standard InChI is InChI=1S/C26H24BrN3O7/c1-3-14-35-21-11-8-18(9-12-21)26(32)37-23-13-10-20(27)15-19(23)16-28-29-25(31)17(2)36-24-7-5-4-6-22(24)30(33)34/h4-13,15-17H,3,14H2,1-2H3,(H,29,31)/b28-16-/t17-/m1/s1. The highest BCUT2D eigenvalue weighted by Crippen LogP contribution is 2.27. The number of rotatable bonds is 11. The average molecular weight is 570 g/mol. The van der Waals surface area contributed by atoms with Gasteiger partial charge in [-0.15, -0.1) is 0 Å². The van der Waals surface area contributed by atoms with Gasteiger partial charge in [-0.25, -0.2) is 10.2 Å². The van der Waals surface area contributed by atoms with Crippen molar-refractivity contribution in [3.05, 3.63) is 92.4 Å². The predicted molar refractivity (Wildman–Crippen MR) is 140 cm³/mol. The minimum atomic E-state index is -1.07. The first kappa shape index (κ1) is 27.3. The molecule has 1 N–H and O–H groups in total. The van der Waals surface area contributed by atoms with E-state index >= 15 is 0 Å². The maximum absolute atomic E-state index is 12.6. The highest BCUT2D eigenvalue weighted by atomic mass is 79.9. The van der Waals surface area contributed by atoms with E-state index in [-0.39, 0.29) is 17.2 Å². The van der Waals surface area contributed by atoms with Crippen molar-refractivity contribution in [2.24, 2.45) is 5.10 Å². The summed E-state index contributed by atoms with van der Waals surface area (Å²) in [6, 6.07) is 17.3. The number of ether oxygens (including phenoxy) is 3. The summed E-state index contributed by atoms with van der Waals surface area (Å²) in [6.07, 6.45) is 1.12. The molecule has 11 heteroatoms. The molecule has 10 nitrogen and oxygen atoms in total. The van der Waals surface area contributed by atoms with Crippen LogP contribution in [0.25, 0.3) is 0 Å². The summed E-state index contributed by atoms with van der Waals surface area (Å²) in [5.41, 5.74) is 2.82. The molecule has 0 aliphatic rings. The van der Waals surface area contributed by atoms with E-state index in [1.165, 1.54) is 31.3 Å². The van der Waals surface area contributed by atoms with Crippen LogP contribution in [0.15, 0.2) is 76.3 Å². The molecular weight excluding hydrogens is 546 g/mol. The number of hydrogen-bond acceptors (Lipinski definition) is 8. The zero-order chi connectivity index (χ0) is 26.8. The van der Waals surface area contributed by atoms with E-state index in [1.807, 2.05) is 6.92 Å². The molecule has 1 atom stereocenters. The highest BCUT2D eigenvalue weighted by molar-refractivity contribution is 9.10. The number of nitrogens with one attached hydrogen (secondary N) is 1. The fourth-order valence-corrected chi connectivity index (χ4v) is 3.37. The number of hydrogen-bond donors (Lipinski definition) is 1. The lowest BCUT2D eigenvalue weighted by Gasteiger charge is -2.13. The second-order valence-electron chi connectivity index (χ2n) is 7.66. The number of halogens is 1. The van der Waals surface area contributed by atoms with Crippen molar-refractivity contribution < 1.29 is 28.7 Å². The van der Waals surface area contributed by atoms with Crippen LogP contribution >= 0.6 is 15.9 Å². The predicted octanol–water partition coefficient (Wildman–Crippen LogP) is 5.28. The number of hydrazone groups is 1. The van der Waals surface area contributed by atoms with Crippen LogP contribution in [0.5, 0.6) is 17.2 Å². The van der Waals surface area contributed by atoms with Crippen molar-refractivity contribution in [3.63, 3.8) is 0 Å². The Morgan fingerprint density at radius 1 is 1.11 bits per heavy atom. The molecule has 0 aliphatic carbocycles. The maximum atomic E-state index is 12.6. The van der Waals surface area contributed by atoms with Crippen molar-refractivity contribution in [2.75, 3.05) is 6.61 Å². The molecule has 0 radical (unpaired) electrons. The van der Waals surface area contributed by atoms with Gasteiger partial charge in [0.05, 0.1) is 23.3 Å². The van der Waals surface area contributed by atoms with Crippen LogP contribution in [0.1, 0.15) is 36.2 Å². The number of carbonyl (C=O) groups is 2. The first-order valence-electron chi connectivity index (χ1n) is 11.3. The number of para-hydroxylation sites is 2. The third-order valence-electron chi connectivity index (χ3n) is 4.85. The lowest BCUT2D eigenvalue weighted by molar-refractivity contribution is -0.386. The number of nitrogens with zero attached hydrogens (tertiary/aromatic N) is 2. The van der Waals surface area contributed by atoms with Crippen LogP contribution in [-0.4, -0.2) is 35.7 Å². The number of carbonyl (C=O) groups excluding carboxylic acids is 2. The third-order valence-corrected chi connectivity index (χ3v) is 5.34. The van der Waals surface area contributed by atoms with Crippen molar-refractivity contribution in [1.29, 1.82) is 0 Å². The van der Waals surface area contributed by atoms with Gasteiger partial charge in [0.1, 0.15) is 11.5 Å². The molecule has 0 spiro atoms. The summed E-state index contributed by atoms with van der Waals surface area (Å²) in [4.78, 5) is 35.6. The monoisotopic (exact) mass is 569 g/mol. The first-order chi connectivity index (χ1) is 17.8. The number of nitro benzene ring substituents is 1. The van der Waals surface area contributed by atoms with Gasteiger partial charge in [-0.2, -0.15) is 5.10 Å². The maximum Gasteiger partial charge on any atom is 0.343 e. The van der Waals surface area contributed by atoms with E-state index in [0.29, 0.717) is 28.0 Å². The molecule has 0 aliphatic heterocycles. The van der Waals surface area contributed by atoms with Gasteiger partial charge in [0.15, 0.2) is 11.9 Å². The fourth-order valence-electron chi connectivity index (χ4n) is 2.99. The second-order valence-corrected chi connectivity index (χ2v) is 8.58. The molecule has 3 rings (SSSR count). The lowest BCUT2D eigenvalue weighted by Crippen LogP contribution is -2.33. The van der Waals surface area contributed by atoms with Crippen molar-refractivity contribution in [1.82, 2.24) is 5.43 Å². The van der Waals surface area contributed by atoms with Crippen LogP contribution in [0, 0.1) is 10.1 Å². The molecule has 0 aromatic heterocycles. The quantitative estimate of drug-likeness (QED) is 0.109. The molecular formula is C26H24BrN3O7. The third kappa shape index (κ3) is 7.87. The smallest absolute Gasteiger partial charge is 0.343 e. The summed E-state index contributed by atoms with van der Waals surface area (Å²) >= 11 is 3.36. The van der Waals surface area contributed by atoms with Crippen LogP contribution in [-0.2, 0) is 4.79 Å². The lowest BCUT2D eigenvalue weighted by atomic mass is 10.2. The first-order valence-corrected chi connectivity index (χ1v) is 12.1. The molecule has 192 valence electrons. The van der Waals surface area contributed by atoms with Gasteiger partial charge in [-0.3, -0.25) is 14.9 Å². The average Bonchev–Trinajstić information content (AvgIpc) is 2.89. The Hall–Kier alpha value is -4.25. The molecule has 3 aromatic carbocycles. The molecule has 3 aromatic rings. The Bertz CT molecular complexity index is 1300. The van der Waals surface area contributed by atoms with Crippen molar-refractivity contribution in [2.45, 2.75) is 26.4 Å². The van der Waals surface area contributed by atoms with Gasteiger partial charge in [0, 0.05) is 16.1 Å². The Kier molecular flexibility index (Phi) is 9.73. The topological polar surface area (TPSA) is 129 Å². The molecule has 0 saturated carbocycles. The van der Waals surface area contributed by atoms with Gasteiger partial charge < -0.3 is 14.2 Å². The number of nitro groups is 1. The van der Waals surface area contributed by atoms with E-state index in [2.05, 4.69) is 26.5 Å². The van der Waals surface area contributed by atoms with Gasteiger partial charge >= 0.3 is 11.7 Å². The Labute approximate surface area is 221 Å². The summed E-state index contributed by atoms with van der Waals surface area (Å²) in [5, 5.41) is 15.1. The number of esters is 1. The second kappa shape index (κ2) is 13.2. The summed E-state index contributed by atoms with van der Waals surface area (Å²) < 4.78 is 17.2. The summed E-state index contributed by atoms with van der Waals surface area (Å²) in [6.45, 7) is 4.02. The van der Waals surface area contributed by atoms with Gasteiger partial charge in [0.2, 0.25) is 0 Å². The number of benzene rings is 3. The van der Waals surface area contributed by atoms with Crippen LogP contribution in [0.4, 0.5) is 5.69 Å². The molecule has 0 unspecified atom stereocenters. The molecule has 0 bridgehead atoms. The zero-order valence-corrected chi connectivity index (χ0v) is 21.6. The Morgan fingerprint density at radius 2 is 1.84 bits per heavy atom. The van der Waals surface area contributed by atoms with E-state index in [1.54, 1.807) is 48.5 Å². The SMILES string of the molecule is CCCOc1ccc(C(=O)Oc2ccc(Br)cc2/C=N\NC(=O)[C@@H](C)Oc2ccccc2[N+](=O)[O-])cc1. The van der Waals surface area contributed by atoms with Crippen LogP contribution in [0.3, 0.4) is 0 Å². The van der Waals surface area contributed by atoms with Gasteiger partial charge in [-0.05, 0) is 61.9 Å². The van der Waals surface area contributed by atoms with E-state index in [9.17, 15) is 19.7 Å². The molecule has 0 saturated heterocycles. The van der Waals surface area contributed by atoms with E-state index < -0.39 is 22.9 Å². The molecule has 0 fully saturated rings. The van der Waals surface area contributed by atoms with Crippen LogP contribution < -0.4 is 19.6 Å². The normalized spacial score (nSPS) is 11.5.